The van der Waals surface area contributed by atoms with Crippen molar-refractivity contribution in [3.8, 4) is 0 Å². The second-order valence-corrected chi connectivity index (χ2v) is 16.3. The summed E-state index contributed by atoms with van der Waals surface area (Å²) in [6, 6.07) is -5.22. The van der Waals surface area contributed by atoms with Crippen molar-refractivity contribution in [2.24, 2.45) is 23.7 Å². The number of carbonyl (C=O) groups is 7. The topological polar surface area (TPSA) is 217 Å². The number of hydrogen-bond donors (Lipinski definition) is 5. The van der Waals surface area contributed by atoms with Crippen molar-refractivity contribution in [1.29, 1.82) is 0 Å². The van der Waals surface area contributed by atoms with Crippen molar-refractivity contribution in [3.63, 3.8) is 0 Å². The summed E-state index contributed by atoms with van der Waals surface area (Å²) >= 11 is 0. The molecule has 3 fully saturated rings. The van der Waals surface area contributed by atoms with E-state index in [0.29, 0.717) is 50.5 Å². The minimum atomic E-state index is -1.41. The first-order valence-electron chi connectivity index (χ1n) is 20.5. The van der Waals surface area contributed by atoms with Gasteiger partial charge in [0.1, 0.15) is 42.6 Å². The molecule has 3 heterocycles. The van der Waals surface area contributed by atoms with E-state index in [4.69, 9.17) is 14.3 Å². The molecule has 18 heteroatoms. The zero-order valence-electron chi connectivity index (χ0n) is 35.5. The number of esters is 1. The van der Waals surface area contributed by atoms with Crippen molar-refractivity contribution in [2.45, 2.75) is 149 Å². The Morgan fingerprint density at radius 3 is 2.14 bits per heavy atom. The average molecular weight is 809 g/mol. The first-order chi connectivity index (χ1) is 27.0. The van der Waals surface area contributed by atoms with E-state index < -0.39 is 96.3 Å². The Kier molecular flexibility index (Phi) is 18.8. The summed E-state index contributed by atoms with van der Waals surface area (Å²) in [4.78, 5) is 99.2. The molecule has 0 aliphatic carbocycles. The number of nitrogens with zero attached hydrogens (tertiary/aromatic N) is 3. The highest BCUT2D eigenvalue weighted by molar-refractivity contribution is 5.95. The van der Waals surface area contributed by atoms with Gasteiger partial charge in [0, 0.05) is 13.1 Å². The monoisotopic (exact) mass is 809 g/mol. The van der Waals surface area contributed by atoms with E-state index in [9.17, 15) is 33.6 Å². The van der Waals surface area contributed by atoms with Crippen LogP contribution in [0.5, 0.6) is 0 Å². The number of hydroxylamine groups is 2. The summed E-state index contributed by atoms with van der Waals surface area (Å²) < 4.78 is 12.3. The molecule has 3 saturated heterocycles. The van der Waals surface area contributed by atoms with Gasteiger partial charge in [-0.1, -0.05) is 34.6 Å². The molecule has 324 valence electrons. The Bertz CT molecular complexity index is 1400. The Labute approximate surface area is 337 Å². The normalized spacial score (nSPS) is 25.4. The van der Waals surface area contributed by atoms with Crippen molar-refractivity contribution in [3.05, 3.63) is 0 Å². The molecule has 0 aromatic rings. The number of rotatable bonds is 18. The molecule has 5 N–H and O–H groups in total. The van der Waals surface area contributed by atoms with Gasteiger partial charge in [0.2, 0.25) is 11.8 Å². The lowest BCUT2D eigenvalue weighted by Crippen LogP contribution is -2.67. The van der Waals surface area contributed by atoms with Crippen LogP contribution in [-0.4, -0.2) is 139 Å². The SMILES string of the molecule is CNC(C)C(=O)OC(C(C)C)C(NC(=O)C(C)C1CCC(CC(C)C)C(C)O1)C(=O)N1NCCCC1C(=O)N(OC)C(C)C(=O)NCC(=O)N1NCCCC1C=O. The van der Waals surface area contributed by atoms with Gasteiger partial charge in [-0.25, -0.2) is 15.9 Å². The van der Waals surface area contributed by atoms with Crippen LogP contribution in [-0.2, 0) is 47.9 Å². The predicted octanol–water partition coefficient (Wildman–Crippen LogP) is 0.598. The molecule has 18 nitrogen and oxygen atoms in total. The third kappa shape index (κ3) is 12.6. The van der Waals surface area contributed by atoms with Crippen LogP contribution in [0.3, 0.4) is 0 Å². The van der Waals surface area contributed by atoms with Gasteiger partial charge in [-0.3, -0.25) is 43.6 Å². The van der Waals surface area contributed by atoms with E-state index in [1.807, 2.05) is 6.92 Å². The molecular formula is C39H68N8O10. The zero-order valence-corrected chi connectivity index (χ0v) is 35.5. The molecule has 10 atom stereocenters. The summed E-state index contributed by atoms with van der Waals surface area (Å²) in [5.41, 5.74) is 5.88. The third-order valence-corrected chi connectivity index (χ3v) is 11.3. The highest BCUT2D eigenvalue weighted by atomic mass is 16.7. The molecule has 0 aromatic heterocycles. The molecule has 0 aromatic carbocycles. The van der Waals surface area contributed by atoms with Gasteiger partial charge in [0.05, 0.1) is 31.8 Å². The lowest BCUT2D eigenvalue weighted by Gasteiger charge is -2.42. The fourth-order valence-electron chi connectivity index (χ4n) is 7.63. The van der Waals surface area contributed by atoms with E-state index in [0.717, 1.165) is 29.3 Å². The third-order valence-electron chi connectivity index (χ3n) is 11.3. The zero-order chi connectivity index (χ0) is 42.6. The number of likely N-dealkylation sites (N-methyl/N-ethyl adjacent to an activating group) is 1. The summed E-state index contributed by atoms with van der Waals surface area (Å²) in [6.07, 6.45) is 3.56. The number of ether oxygens (including phenoxy) is 2. The lowest BCUT2D eigenvalue weighted by molar-refractivity contribution is -0.198. The van der Waals surface area contributed by atoms with Crippen molar-refractivity contribution in [1.82, 2.24) is 41.9 Å². The van der Waals surface area contributed by atoms with Gasteiger partial charge < -0.3 is 30.2 Å². The number of amides is 5. The molecule has 0 saturated carbocycles. The summed E-state index contributed by atoms with van der Waals surface area (Å²) in [5.74, 6) is -3.99. The van der Waals surface area contributed by atoms with E-state index in [1.165, 1.54) is 19.0 Å². The Morgan fingerprint density at radius 1 is 0.912 bits per heavy atom. The number of nitrogens with one attached hydrogen (secondary N) is 5. The molecule has 0 bridgehead atoms. The van der Waals surface area contributed by atoms with E-state index >= 15 is 0 Å². The highest BCUT2D eigenvalue weighted by Crippen LogP contribution is 2.33. The average Bonchev–Trinajstić information content (AvgIpc) is 3.20. The van der Waals surface area contributed by atoms with Gasteiger partial charge in [-0.05, 0) is 90.5 Å². The van der Waals surface area contributed by atoms with Crippen LogP contribution >= 0.6 is 0 Å². The molecule has 5 amide bonds. The number of hydrogen-bond acceptors (Lipinski definition) is 13. The molecule has 3 aliphatic rings. The van der Waals surface area contributed by atoms with Crippen LogP contribution in [0.25, 0.3) is 0 Å². The Hall–Kier alpha value is -3.71. The molecule has 3 rings (SSSR count). The van der Waals surface area contributed by atoms with Gasteiger partial charge in [-0.15, -0.1) is 0 Å². The van der Waals surface area contributed by atoms with Crippen LogP contribution < -0.4 is 26.8 Å². The molecule has 57 heavy (non-hydrogen) atoms. The van der Waals surface area contributed by atoms with Crippen molar-refractivity contribution >= 4 is 41.8 Å². The summed E-state index contributed by atoms with van der Waals surface area (Å²) in [6.45, 7) is 15.1. The van der Waals surface area contributed by atoms with Crippen LogP contribution in [0.1, 0.15) is 100 Å². The second-order valence-electron chi connectivity index (χ2n) is 16.3. The summed E-state index contributed by atoms with van der Waals surface area (Å²) in [5, 5.41) is 11.4. The Balaban J connectivity index is 1.85. The van der Waals surface area contributed by atoms with E-state index in [1.54, 1.807) is 34.7 Å². The van der Waals surface area contributed by atoms with Crippen LogP contribution in [0.4, 0.5) is 0 Å². The van der Waals surface area contributed by atoms with Crippen molar-refractivity contribution < 1.29 is 47.9 Å². The maximum absolute atomic E-state index is 14.8. The smallest absolute Gasteiger partial charge is 0.323 e. The van der Waals surface area contributed by atoms with E-state index in [2.05, 4.69) is 40.6 Å². The molecule has 3 aliphatic heterocycles. The van der Waals surface area contributed by atoms with Crippen LogP contribution in [0.15, 0.2) is 0 Å². The largest absolute Gasteiger partial charge is 0.458 e. The minimum absolute atomic E-state index is 0.0502. The summed E-state index contributed by atoms with van der Waals surface area (Å²) in [7, 11) is 2.81. The first kappa shape index (κ1) is 47.7. The number of carbonyl (C=O) groups excluding carboxylic acids is 7. The number of aldehydes is 1. The second kappa shape index (κ2) is 22.4. The van der Waals surface area contributed by atoms with Crippen LogP contribution in [0.2, 0.25) is 0 Å². The minimum Gasteiger partial charge on any atom is -0.458 e. The molecule has 0 radical (unpaired) electrons. The first-order valence-corrected chi connectivity index (χ1v) is 20.5. The standard InChI is InChI=1S/C39H68N8O10/c1-22(2)19-28-15-16-31(56-27(28)8)24(5)35(50)44-33(34(23(3)4)57-39(54)25(6)40-9)38(53)46-30(14-12-18-43-46)37(52)47(55-10)26(7)36(51)41-20-32(49)45-29(21-48)13-11-17-42-45/h21-31,33-34,40,42-43H,11-20H2,1-10H3,(H,41,51)(H,44,50). The predicted molar refractivity (Wildman–Crippen MR) is 209 cm³/mol. The lowest BCUT2D eigenvalue weighted by atomic mass is 9.83. The number of hydrazine groups is 2. The quantitative estimate of drug-likeness (QED) is 0.0730. The maximum atomic E-state index is 14.8. The van der Waals surface area contributed by atoms with Gasteiger partial charge >= 0.3 is 5.97 Å². The fraction of sp³-hybridized carbons (Fsp3) is 0.821. The van der Waals surface area contributed by atoms with Gasteiger partial charge in [-0.2, -0.15) is 0 Å². The highest BCUT2D eigenvalue weighted by Gasteiger charge is 2.46. The van der Waals surface area contributed by atoms with Gasteiger partial charge in [0.25, 0.3) is 17.7 Å². The fourth-order valence-corrected chi connectivity index (χ4v) is 7.63. The van der Waals surface area contributed by atoms with E-state index in [-0.39, 0.29) is 12.5 Å². The van der Waals surface area contributed by atoms with Crippen molar-refractivity contribution in [2.75, 3.05) is 33.8 Å². The maximum Gasteiger partial charge on any atom is 0.323 e. The molecule has 0 spiro atoms. The van der Waals surface area contributed by atoms with Crippen LogP contribution in [0, 0.1) is 23.7 Å². The van der Waals surface area contributed by atoms with Gasteiger partial charge in [0.15, 0.2) is 0 Å². The Morgan fingerprint density at radius 2 is 1.56 bits per heavy atom. The molecule has 10 unspecified atom stereocenters. The molecular weight excluding hydrogens is 740 g/mol.